The molecule has 23 heavy (non-hydrogen) atoms. The van der Waals surface area contributed by atoms with Gasteiger partial charge in [0.15, 0.2) is 0 Å². The van der Waals surface area contributed by atoms with E-state index < -0.39 is 0 Å². The Morgan fingerprint density at radius 1 is 0.957 bits per heavy atom. The third-order valence-corrected chi connectivity index (χ3v) is 4.28. The number of ether oxygens (including phenoxy) is 1. The zero-order chi connectivity index (χ0) is 16.2. The van der Waals surface area contributed by atoms with E-state index in [-0.39, 0.29) is 5.97 Å². The van der Waals surface area contributed by atoms with Crippen LogP contribution in [-0.2, 0) is 0 Å². The summed E-state index contributed by atoms with van der Waals surface area (Å²) in [4.78, 5) is 12.5. The maximum Gasteiger partial charge on any atom is 0.344 e. The molecule has 0 heterocycles. The fourth-order valence-electron chi connectivity index (χ4n) is 2.67. The normalized spacial score (nSPS) is 12.1. The van der Waals surface area contributed by atoms with Crippen molar-refractivity contribution in [3.05, 3.63) is 77.9 Å². The van der Waals surface area contributed by atoms with Crippen LogP contribution in [0.25, 0.3) is 10.8 Å². The van der Waals surface area contributed by atoms with Gasteiger partial charge in [-0.05, 0) is 46.9 Å². The van der Waals surface area contributed by atoms with Crippen molar-refractivity contribution in [1.82, 2.24) is 0 Å². The van der Waals surface area contributed by atoms with Crippen LogP contribution < -0.4 is 4.74 Å². The standard InChI is InChI=1S/C21H20O2/c1-3-15(2)16-11-13-18(14-12-16)23-21(22)20-10-6-8-17-7-4-5-9-19(17)20/h4-15H,3H2,1-2H3. The second kappa shape index (κ2) is 6.66. The lowest BCUT2D eigenvalue weighted by Gasteiger charge is -2.10. The zero-order valence-electron chi connectivity index (χ0n) is 13.5. The molecular weight excluding hydrogens is 284 g/mol. The molecule has 0 aliphatic rings. The quantitative estimate of drug-likeness (QED) is 0.465. The summed E-state index contributed by atoms with van der Waals surface area (Å²) in [5, 5.41) is 1.95. The number of benzene rings is 3. The highest BCUT2D eigenvalue weighted by molar-refractivity contribution is 6.05. The number of carbonyl (C=O) groups is 1. The van der Waals surface area contributed by atoms with Gasteiger partial charge in [0.05, 0.1) is 5.56 Å². The first kappa shape index (κ1) is 15.3. The van der Waals surface area contributed by atoms with E-state index in [4.69, 9.17) is 4.74 Å². The van der Waals surface area contributed by atoms with Crippen molar-refractivity contribution in [2.45, 2.75) is 26.2 Å². The smallest absolute Gasteiger partial charge is 0.344 e. The lowest BCUT2D eigenvalue weighted by Crippen LogP contribution is -2.09. The van der Waals surface area contributed by atoms with Crippen LogP contribution in [-0.4, -0.2) is 5.97 Å². The van der Waals surface area contributed by atoms with Gasteiger partial charge in [-0.15, -0.1) is 0 Å². The van der Waals surface area contributed by atoms with Gasteiger partial charge in [-0.3, -0.25) is 0 Å². The van der Waals surface area contributed by atoms with E-state index in [0.717, 1.165) is 17.2 Å². The Labute approximate surface area is 136 Å². The number of fused-ring (bicyclic) bond motifs is 1. The summed E-state index contributed by atoms with van der Waals surface area (Å²) in [7, 11) is 0. The topological polar surface area (TPSA) is 26.3 Å². The van der Waals surface area contributed by atoms with Crippen LogP contribution in [0.2, 0.25) is 0 Å². The van der Waals surface area contributed by atoms with E-state index >= 15 is 0 Å². The largest absolute Gasteiger partial charge is 0.423 e. The lowest BCUT2D eigenvalue weighted by molar-refractivity contribution is 0.0737. The molecule has 0 spiro atoms. The minimum absolute atomic E-state index is 0.321. The number of hydrogen-bond donors (Lipinski definition) is 0. The van der Waals surface area contributed by atoms with Crippen LogP contribution in [0.15, 0.2) is 66.7 Å². The van der Waals surface area contributed by atoms with Crippen molar-refractivity contribution in [1.29, 1.82) is 0 Å². The summed E-state index contributed by atoms with van der Waals surface area (Å²) in [6, 6.07) is 21.3. The molecule has 2 nitrogen and oxygen atoms in total. The fourth-order valence-corrected chi connectivity index (χ4v) is 2.67. The maximum absolute atomic E-state index is 12.5. The Hall–Kier alpha value is -2.61. The Kier molecular flexibility index (Phi) is 4.42. The summed E-state index contributed by atoms with van der Waals surface area (Å²) in [6.45, 7) is 4.36. The van der Waals surface area contributed by atoms with Gasteiger partial charge in [-0.25, -0.2) is 4.79 Å². The van der Waals surface area contributed by atoms with Crippen molar-refractivity contribution in [3.63, 3.8) is 0 Å². The second-order valence-electron chi connectivity index (χ2n) is 5.79. The highest BCUT2D eigenvalue weighted by Gasteiger charge is 2.12. The molecule has 0 aromatic heterocycles. The molecule has 2 heteroatoms. The van der Waals surface area contributed by atoms with Gasteiger partial charge in [-0.2, -0.15) is 0 Å². The molecule has 3 aromatic carbocycles. The van der Waals surface area contributed by atoms with Gasteiger partial charge in [-0.1, -0.05) is 62.4 Å². The molecule has 0 saturated carbocycles. The number of carbonyl (C=O) groups excluding carboxylic acids is 1. The molecule has 0 bridgehead atoms. The minimum Gasteiger partial charge on any atom is -0.423 e. The Morgan fingerprint density at radius 2 is 1.65 bits per heavy atom. The van der Waals surface area contributed by atoms with Crippen molar-refractivity contribution < 1.29 is 9.53 Å². The van der Waals surface area contributed by atoms with Crippen molar-refractivity contribution in [3.8, 4) is 5.75 Å². The third-order valence-electron chi connectivity index (χ3n) is 4.28. The van der Waals surface area contributed by atoms with Crippen molar-refractivity contribution in [2.75, 3.05) is 0 Å². The first-order valence-electron chi connectivity index (χ1n) is 7.99. The van der Waals surface area contributed by atoms with Crippen LogP contribution >= 0.6 is 0 Å². The molecule has 0 radical (unpaired) electrons. The Bertz CT molecular complexity index is 813. The summed E-state index contributed by atoms with van der Waals surface area (Å²) in [6.07, 6.45) is 1.09. The molecule has 0 saturated heterocycles. The first-order valence-corrected chi connectivity index (χ1v) is 7.99. The second-order valence-corrected chi connectivity index (χ2v) is 5.79. The summed E-state index contributed by atoms with van der Waals surface area (Å²) in [5.74, 6) is 0.769. The van der Waals surface area contributed by atoms with Gasteiger partial charge in [0.1, 0.15) is 5.75 Å². The van der Waals surface area contributed by atoms with Crippen molar-refractivity contribution >= 4 is 16.7 Å². The highest BCUT2D eigenvalue weighted by Crippen LogP contribution is 2.23. The molecule has 0 aliphatic carbocycles. The molecular formula is C21H20O2. The van der Waals surface area contributed by atoms with E-state index in [2.05, 4.69) is 13.8 Å². The number of hydrogen-bond acceptors (Lipinski definition) is 2. The predicted octanol–water partition coefficient (Wildman–Crippen LogP) is 5.57. The fraction of sp³-hybridized carbons (Fsp3) is 0.190. The Morgan fingerprint density at radius 3 is 2.39 bits per heavy atom. The van der Waals surface area contributed by atoms with Gasteiger partial charge < -0.3 is 4.74 Å². The van der Waals surface area contributed by atoms with Gasteiger partial charge >= 0.3 is 5.97 Å². The lowest BCUT2D eigenvalue weighted by atomic mass is 9.99. The van der Waals surface area contributed by atoms with Gasteiger partial charge in [0.2, 0.25) is 0 Å². The van der Waals surface area contributed by atoms with E-state index in [9.17, 15) is 4.79 Å². The minimum atomic E-state index is -0.321. The van der Waals surface area contributed by atoms with Crippen LogP contribution in [0.1, 0.15) is 42.1 Å². The maximum atomic E-state index is 12.5. The number of rotatable bonds is 4. The molecule has 1 atom stereocenters. The zero-order valence-corrected chi connectivity index (χ0v) is 13.5. The molecule has 0 aliphatic heterocycles. The van der Waals surface area contributed by atoms with Gasteiger partial charge in [0.25, 0.3) is 0 Å². The van der Waals surface area contributed by atoms with E-state index in [1.165, 1.54) is 5.56 Å². The van der Waals surface area contributed by atoms with Gasteiger partial charge in [0, 0.05) is 0 Å². The monoisotopic (exact) mass is 304 g/mol. The Balaban J connectivity index is 1.83. The molecule has 116 valence electrons. The SMILES string of the molecule is CCC(C)c1ccc(OC(=O)c2cccc3ccccc23)cc1. The summed E-state index contributed by atoms with van der Waals surface area (Å²) >= 11 is 0. The third kappa shape index (κ3) is 3.26. The van der Waals surface area contributed by atoms with Crippen LogP contribution in [0.5, 0.6) is 5.75 Å². The molecule has 0 amide bonds. The van der Waals surface area contributed by atoms with Crippen LogP contribution in [0.3, 0.4) is 0 Å². The highest BCUT2D eigenvalue weighted by atomic mass is 16.5. The van der Waals surface area contributed by atoms with E-state index in [1.807, 2.05) is 60.7 Å². The molecule has 0 N–H and O–H groups in total. The average Bonchev–Trinajstić information content (AvgIpc) is 2.61. The summed E-state index contributed by atoms with van der Waals surface area (Å²) < 4.78 is 5.54. The number of esters is 1. The molecule has 3 aromatic rings. The average molecular weight is 304 g/mol. The van der Waals surface area contributed by atoms with E-state index in [0.29, 0.717) is 17.2 Å². The molecule has 1 unspecified atom stereocenters. The van der Waals surface area contributed by atoms with Crippen LogP contribution in [0, 0.1) is 0 Å². The predicted molar refractivity (Wildman–Crippen MR) is 94.1 cm³/mol. The molecule has 3 rings (SSSR count). The first-order chi connectivity index (χ1) is 11.2. The van der Waals surface area contributed by atoms with Crippen molar-refractivity contribution in [2.24, 2.45) is 0 Å². The van der Waals surface area contributed by atoms with Crippen LogP contribution in [0.4, 0.5) is 0 Å². The summed E-state index contributed by atoms with van der Waals surface area (Å²) in [5.41, 5.74) is 1.85. The van der Waals surface area contributed by atoms with E-state index in [1.54, 1.807) is 6.07 Å². The molecule has 0 fully saturated rings.